The SMILES string of the molecule is CC(N(CCN1CCOCC1)CCN(C(C)(C)C)S(C)(=O)=O)C(C)(C)C. The van der Waals surface area contributed by atoms with Gasteiger partial charge in [-0.15, -0.1) is 0 Å². The fraction of sp³-hybridized carbons (Fsp3) is 1.00. The average molecular weight is 392 g/mol. The van der Waals surface area contributed by atoms with E-state index in [1.807, 2.05) is 20.8 Å². The first-order valence-electron chi connectivity index (χ1n) is 9.75. The van der Waals surface area contributed by atoms with Gasteiger partial charge in [-0.1, -0.05) is 20.8 Å². The van der Waals surface area contributed by atoms with Crippen molar-refractivity contribution in [1.29, 1.82) is 0 Å². The maximum atomic E-state index is 12.2. The van der Waals surface area contributed by atoms with Crippen molar-refractivity contribution in [2.24, 2.45) is 5.41 Å². The number of sulfonamides is 1. The summed E-state index contributed by atoms with van der Waals surface area (Å²) >= 11 is 0. The minimum absolute atomic E-state index is 0.142. The molecule has 1 fully saturated rings. The van der Waals surface area contributed by atoms with Crippen LogP contribution in [0.4, 0.5) is 0 Å². The topological polar surface area (TPSA) is 53.1 Å². The number of nitrogens with zero attached hydrogens (tertiary/aromatic N) is 3. The van der Waals surface area contributed by atoms with Crippen LogP contribution >= 0.6 is 0 Å². The Morgan fingerprint density at radius 3 is 1.96 bits per heavy atom. The molecule has 0 aliphatic carbocycles. The molecule has 1 saturated heterocycles. The number of morpholine rings is 1. The summed E-state index contributed by atoms with van der Waals surface area (Å²) in [5.74, 6) is 0. The molecule has 0 spiro atoms. The molecule has 1 unspecified atom stereocenters. The van der Waals surface area contributed by atoms with Gasteiger partial charge in [0.25, 0.3) is 0 Å². The molecule has 0 amide bonds. The Morgan fingerprint density at radius 2 is 1.54 bits per heavy atom. The summed E-state index contributed by atoms with van der Waals surface area (Å²) in [5.41, 5.74) is -0.267. The Kier molecular flexibility index (Phi) is 8.55. The lowest BCUT2D eigenvalue weighted by Crippen LogP contribution is -2.52. The van der Waals surface area contributed by atoms with Crippen LogP contribution in [0.3, 0.4) is 0 Å². The highest BCUT2D eigenvalue weighted by atomic mass is 32.2. The zero-order valence-corrected chi connectivity index (χ0v) is 19.0. The molecule has 0 N–H and O–H groups in total. The fourth-order valence-corrected chi connectivity index (χ4v) is 4.77. The second-order valence-corrected chi connectivity index (χ2v) is 11.4. The zero-order chi connectivity index (χ0) is 20.2. The van der Waals surface area contributed by atoms with Crippen molar-refractivity contribution >= 4 is 10.0 Å². The van der Waals surface area contributed by atoms with Crippen molar-refractivity contribution in [2.45, 2.75) is 60.0 Å². The molecule has 7 heteroatoms. The summed E-state index contributed by atoms with van der Waals surface area (Å²) in [6, 6.07) is 0.366. The third-order valence-electron chi connectivity index (χ3n) is 5.35. The molecule has 0 radical (unpaired) electrons. The van der Waals surface area contributed by atoms with E-state index in [-0.39, 0.29) is 5.41 Å². The molecule has 1 heterocycles. The molecule has 1 atom stereocenters. The third kappa shape index (κ3) is 7.80. The highest BCUT2D eigenvalue weighted by Crippen LogP contribution is 2.25. The van der Waals surface area contributed by atoms with E-state index < -0.39 is 15.6 Å². The number of rotatable bonds is 8. The van der Waals surface area contributed by atoms with Crippen molar-refractivity contribution in [3.63, 3.8) is 0 Å². The van der Waals surface area contributed by atoms with Crippen LogP contribution in [0.15, 0.2) is 0 Å². The van der Waals surface area contributed by atoms with E-state index in [0.29, 0.717) is 12.6 Å². The lowest BCUT2D eigenvalue weighted by atomic mass is 9.87. The summed E-state index contributed by atoms with van der Waals surface area (Å²) in [7, 11) is -3.24. The Morgan fingerprint density at radius 1 is 1.00 bits per heavy atom. The summed E-state index contributed by atoms with van der Waals surface area (Å²) in [6.07, 6.45) is 1.31. The average Bonchev–Trinajstić information content (AvgIpc) is 2.47. The largest absolute Gasteiger partial charge is 0.379 e. The van der Waals surface area contributed by atoms with Gasteiger partial charge in [0.15, 0.2) is 0 Å². The number of hydrogen-bond donors (Lipinski definition) is 0. The molecule has 0 aromatic heterocycles. The van der Waals surface area contributed by atoms with Crippen LogP contribution in [0, 0.1) is 5.41 Å². The summed E-state index contributed by atoms with van der Waals surface area (Å²) in [5, 5.41) is 0. The Bertz CT molecular complexity index is 517. The second kappa shape index (κ2) is 9.32. The minimum Gasteiger partial charge on any atom is -0.379 e. The van der Waals surface area contributed by atoms with Crippen LogP contribution in [0.5, 0.6) is 0 Å². The van der Waals surface area contributed by atoms with Crippen LogP contribution < -0.4 is 0 Å². The molecular weight excluding hydrogens is 350 g/mol. The van der Waals surface area contributed by atoms with Crippen LogP contribution in [0.25, 0.3) is 0 Å². The summed E-state index contributed by atoms with van der Waals surface area (Å²) < 4.78 is 31.6. The maximum absolute atomic E-state index is 12.2. The number of ether oxygens (including phenoxy) is 1. The highest BCUT2D eigenvalue weighted by molar-refractivity contribution is 7.88. The molecule has 156 valence electrons. The van der Waals surface area contributed by atoms with E-state index in [2.05, 4.69) is 37.5 Å². The molecule has 1 rings (SSSR count). The quantitative estimate of drug-likeness (QED) is 0.634. The van der Waals surface area contributed by atoms with Gasteiger partial charge in [0.2, 0.25) is 10.0 Å². The predicted molar refractivity (Wildman–Crippen MR) is 109 cm³/mol. The van der Waals surface area contributed by atoms with Gasteiger partial charge in [-0.3, -0.25) is 9.80 Å². The lowest BCUT2D eigenvalue weighted by Gasteiger charge is -2.41. The zero-order valence-electron chi connectivity index (χ0n) is 18.2. The first-order valence-corrected chi connectivity index (χ1v) is 11.6. The van der Waals surface area contributed by atoms with E-state index in [4.69, 9.17) is 4.74 Å². The van der Waals surface area contributed by atoms with Crippen molar-refractivity contribution in [3.8, 4) is 0 Å². The van der Waals surface area contributed by atoms with Gasteiger partial charge in [0, 0.05) is 50.8 Å². The van der Waals surface area contributed by atoms with E-state index in [1.54, 1.807) is 4.31 Å². The van der Waals surface area contributed by atoms with E-state index in [9.17, 15) is 8.42 Å². The molecule has 0 aromatic carbocycles. The van der Waals surface area contributed by atoms with Gasteiger partial charge in [0.1, 0.15) is 0 Å². The van der Waals surface area contributed by atoms with Gasteiger partial charge in [-0.25, -0.2) is 8.42 Å². The first kappa shape index (κ1) is 23.8. The van der Waals surface area contributed by atoms with Crippen LogP contribution in [0.2, 0.25) is 0 Å². The molecule has 1 aliphatic heterocycles. The normalized spacial score (nSPS) is 19.3. The summed E-state index contributed by atoms with van der Waals surface area (Å²) in [4.78, 5) is 4.88. The highest BCUT2D eigenvalue weighted by Gasteiger charge is 2.32. The number of hydrogen-bond acceptors (Lipinski definition) is 5. The van der Waals surface area contributed by atoms with Gasteiger partial charge in [0.05, 0.1) is 19.5 Å². The monoisotopic (exact) mass is 391 g/mol. The Hall–Kier alpha value is -0.210. The van der Waals surface area contributed by atoms with Gasteiger partial charge in [-0.2, -0.15) is 4.31 Å². The van der Waals surface area contributed by atoms with E-state index >= 15 is 0 Å². The molecule has 1 aliphatic rings. The fourth-order valence-electron chi connectivity index (χ4n) is 3.36. The molecule has 26 heavy (non-hydrogen) atoms. The van der Waals surface area contributed by atoms with Crippen LogP contribution in [-0.2, 0) is 14.8 Å². The van der Waals surface area contributed by atoms with Crippen molar-refractivity contribution in [3.05, 3.63) is 0 Å². The van der Waals surface area contributed by atoms with Crippen LogP contribution in [0.1, 0.15) is 48.5 Å². The Balaban J connectivity index is 2.80. The van der Waals surface area contributed by atoms with E-state index in [0.717, 1.165) is 45.9 Å². The summed E-state index contributed by atoms with van der Waals surface area (Å²) in [6.45, 7) is 21.6. The smallest absolute Gasteiger partial charge is 0.211 e. The molecular formula is C19H41N3O3S. The van der Waals surface area contributed by atoms with Crippen molar-refractivity contribution < 1.29 is 13.2 Å². The second-order valence-electron chi connectivity index (χ2n) is 9.54. The lowest BCUT2D eigenvalue weighted by molar-refractivity contribution is 0.0247. The standard InChI is InChI=1S/C19H41N3O3S/c1-17(18(2,3)4)21(10-9-20-13-15-25-16-14-20)11-12-22(19(5,6)7)26(8,23)24/h17H,9-16H2,1-8H3. The van der Waals surface area contributed by atoms with Gasteiger partial charge >= 0.3 is 0 Å². The van der Waals surface area contributed by atoms with Crippen molar-refractivity contribution in [1.82, 2.24) is 14.1 Å². The maximum Gasteiger partial charge on any atom is 0.211 e. The van der Waals surface area contributed by atoms with Crippen molar-refractivity contribution in [2.75, 3.05) is 58.7 Å². The van der Waals surface area contributed by atoms with Gasteiger partial charge < -0.3 is 4.74 Å². The van der Waals surface area contributed by atoms with Crippen LogP contribution in [-0.4, -0.2) is 92.8 Å². The first-order chi connectivity index (χ1) is 11.7. The van der Waals surface area contributed by atoms with Gasteiger partial charge in [-0.05, 0) is 33.1 Å². The molecule has 0 saturated carbocycles. The Labute approximate surface area is 161 Å². The third-order valence-corrected chi connectivity index (χ3v) is 6.88. The molecule has 6 nitrogen and oxygen atoms in total. The minimum atomic E-state index is -3.24. The molecule has 0 bridgehead atoms. The molecule has 0 aromatic rings. The van der Waals surface area contributed by atoms with E-state index in [1.165, 1.54) is 6.26 Å². The predicted octanol–water partition coefficient (Wildman–Crippen LogP) is 2.12.